The van der Waals surface area contributed by atoms with Crippen LogP contribution in [0.15, 0.2) is 42.5 Å². The van der Waals surface area contributed by atoms with E-state index in [1.54, 1.807) is 20.8 Å². The Hall–Kier alpha value is -2.03. The van der Waals surface area contributed by atoms with Gasteiger partial charge in [-0.3, -0.25) is 0 Å². The molecule has 3 nitrogen and oxygen atoms in total. The van der Waals surface area contributed by atoms with E-state index < -0.39 is 5.60 Å². The van der Waals surface area contributed by atoms with Gasteiger partial charge in [0.05, 0.1) is 6.61 Å². The Balaban J connectivity index is 2.33. The molecule has 2 aromatic carbocycles. The largest absolute Gasteiger partial charge is 0.476 e. The quantitative estimate of drug-likeness (QED) is 0.787. The molecule has 0 aromatic heterocycles. The van der Waals surface area contributed by atoms with Gasteiger partial charge in [-0.15, -0.1) is 0 Å². The highest BCUT2D eigenvalue weighted by Crippen LogP contribution is 2.28. The summed E-state index contributed by atoms with van der Waals surface area (Å²) in [6, 6.07) is 13.7. The van der Waals surface area contributed by atoms with Gasteiger partial charge in [0.2, 0.25) is 0 Å². The van der Waals surface area contributed by atoms with Crippen molar-refractivity contribution in [1.29, 1.82) is 0 Å². The predicted molar refractivity (Wildman–Crippen MR) is 75.3 cm³/mol. The summed E-state index contributed by atoms with van der Waals surface area (Å²) in [4.78, 5) is 11.9. The van der Waals surface area contributed by atoms with Crippen molar-refractivity contribution in [3.63, 3.8) is 0 Å². The van der Waals surface area contributed by atoms with Crippen molar-refractivity contribution in [3.05, 3.63) is 42.5 Å². The fourth-order valence-corrected chi connectivity index (χ4v) is 1.91. The van der Waals surface area contributed by atoms with Gasteiger partial charge in [0, 0.05) is 5.39 Å². The fourth-order valence-electron chi connectivity index (χ4n) is 1.91. The fraction of sp³-hybridized carbons (Fsp3) is 0.312. The number of carbonyl (C=O) groups excluding carboxylic acids is 1. The molecular weight excluding hydrogens is 240 g/mol. The first-order valence-electron chi connectivity index (χ1n) is 6.38. The van der Waals surface area contributed by atoms with Gasteiger partial charge in [-0.05, 0) is 32.2 Å². The molecular formula is C16H18O3. The zero-order chi connectivity index (χ0) is 13.9. The smallest absolute Gasteiger partial charge is 0.349 e. The van der Waals surface area contributed by atoms with Crippen LogP contribution in [0.5, 0.6) is 5.75 Å². The summed E-state index contributed by atoms with van der Waals surface area (Å²) in [6.07, 6.45) is 0. The van der Waals surface area contributed by atoms with Gasteiger partial charge in [0.25, 0.3) is 0 Å². The van der Waals surface area contributed by atoms with Crippen LogP contribution < -0.4 is 4.74 Å². The Morgan fingerprint density at radius 2 is 1.79 bits per heavy atom. The summed E-state index contributed by atoms with van der Waals surface area (Å²) >= 11 is 0. The average Bonchev–Trinajstić information content (AvgIpc) is 2.39. The third kappa shape index (κ3) is 2.87. The molecule has 0 heterocycles. The third-order valence-electron chi connectivity index (χ3n) is 2.88. The molecule has 0 aliphatic rings. The summed E-state index contributed by atoms with van der Waals surface area (Å²) in [6.45, 7) is 5.56. The minimum atomic E-state index is -1.000. The van der Waals surface area contributed by atoms with E-state index in [1.807, 2.05) is 42.5 Å². The summed E-state index contributed by atoms with van der Waals surface area (Å²) in [5.41, 5.74) is -1.000. The predicted octanol–water partition coefficient (Wildman–Crippen LogP) is 3.56. The van der Waals surface area contributed by atoms with E-state index in [-0.39, 0.29) is 5.97 Å². The molecule has 2 rings (SSSR count). The number of rotatable bonds is 4. The molecule has 0 aliphatic carbocycles. The van der Waals surface area contributed by atoms with E-state index in [0.29, 0.717) is 12.4 Å². The van der Waals surface area contributed by atoms with Crippen LogP contribution >= 0.6 is 0 Å². The molecule has 19 heavy (non-hydrogen) atoms. The van der Waals surface area contributed by atoms with Gasteiger partial charge in [-0.2, -0.15) is 0 Å². The topological polar surface area (TPSA) is 35.5 Å². The highest BCUT2D eigenvalue weighted by Gasteiger charge is 2.31. The van der Waals surface area contributed by atoms with Crippen molar-refractivity contribution in [2.75, 3.05) is 6.61 Å². The van der Waals surface area contributed by atoms with Crippen LogP contribution in [0.3, 0.4) is 0 Å². The summed E-state index contributed by atoms with van der Waals surface area (Å²) in [5.74, 6) is 0.332. The Kier molecular flexibility index (Phi) is 3.74. The van der Waals surface area contributed by atoms with Crippen molar-refractivity contribution in [2.45, 2.75) is 26.4 Å². The van der Waals surface area contributed by atoms with Crippen molar-refractivity contribution in [2.24, 2.45) is 0 Å². The zero-order valence-electron chi connectivity index (χ0n) is 11.5. The number of ether oxygens (including phenoxy) is 2. The van der Waals surface area contributed by atoms with Gasteiger partial charge >= 0.3 is 5.97 Å². The van der Waals surface area contributed by atoms with Crippen LogP contribution in [-0.2, 0) is 9.53 Å². The molecule has 0 saturated carbocycles. The van der Waals surface area contributed by atoms with Gasteiger partial charge in [0.15, 0.2) is 5.60 Å². The average molecular weight is 258 g/mol. The van der Waals surface area contributed by atoms with Crippen molar-refractivity contribution >= 4 is 16.7 Å². The molecule has 0 amide bonds. The number of fused-ring (bicyclic) bond motifs is 1. The van der Waals surface area contributed by atoms with Crippen molar-refractivity contribution in [1.82, 2.24) is 0 Å². The second-order valence-corrected chi connectivity index (χ2v) is 4.81. The van der Waals surface area contributed by atoms with Crippen LogP contribution in [0, 0.1) is 0 Å². The van der Waals surface area contributed by atoms with Gasteiger partial charge in [-0.25, -0.2) is 4.79 Å². The lowest BCUT2D eigenvalue weighted by Crippen LogP contribution is -2.39. The van der Waals surface area contributed by atoms with Gasteiger partial charge < -0.3 is 9.47 Å². The molecule has 2 aromatic rings. The van der Waals surface area contributed by atoms with E-state index in [2.05, 4.69) is 0 Å². The first kappa shape index (κ1) is 13.4. The monoisotopic (exact) mass is 258 g/mol. The molecule has 0 radical (unpaired) electrons. The number of carbonyl (C=O) groups is 1. The third-order valence-corrected chi connectivity index (χ3v) is 2.88. The lowest BCUT2D eigenvalue weighted by molar-refractivity contribution is -0.158. The second kappa shape index (κ2) is 5.31. The lowest BCUT2D eigenvalue weighted by Gasteiger charge is -2.24. The van der Waals surface area contributed by atoms with Crippen molar-refractivity contribution < 1.29 is 14.3 Å². The SMILES string of the molecule is CCOC(=O)C(C)(C)Oc1cccc2ccccc12. The molecule has 0 atom stereocenters. The molecule has 0 fully saturated rings. The Labute approximate surface area is 113 Å². The number of hydrogen-bond acceptors (Lipinski definition) is 3. The first-order valence-corrected chi connectivity index (χ1v) is 6.38. The molecule has 0 saturated heterocycles. The molecule has 100 valence electrons. The molecule has 3 heteroatoms. The van der Waals surface area contributed by atoms with Crippen LogP contribution in [0.2, 0.25) is 0 Å². The maximum atomic E-state index is 11.9. The van der Waals surface area contributed by atoms with Gasteiger partial charge in [-0.1, -0.05) is 36.4 Å². The zero-order valence-corrected chi connectivity index (χ0v) is 11.5. The van der Waals surface area contributed by atoms with Crippen LogP contribution in [0.25, 0.3) is 10.8 Å². The summed E-state index contributed by atoms with van der Waals surface area (Å²) in [5, 5.41) is 2.07. The minimum Gasteiger partial charge on any atom is -0.476 e. The Morgan fingerprint density at radius 3 is 2.53 bits per heavy atom. The maximum absolute atomic E-state index is 11.9. The Bertz CT molecular complexity index is 582. The van der Waals surface area contributed by atoms with E-state index in [9.17, 15) is 4.79 Å². The van der Waals surface area contributed by atoms with Crippen LogP contribution in [0.1, 0.15) is 20.8 Å². The highest BCUT2D eigenvalue weighted by atomic mass is 16.6. The number of esters is 1. The van der Waals surface area contributed by atoms with E-state index >= 15 is 0 Å². The standard InChI is InChI=1S/C16H18O3/c1-4-18-15(17)16(2,3)19-14-11-7-9-12-8-5-6-10-13(12)14/h5-11H,4H2,1-3H3. The summed E-state index contributed by atoms with van der Waals surface area (Å²) < 4.78 is 10.9. The molecule has 0 spiro atoms. The summed E-state index contributed by atoms with van der Waals surface area (Å²) in [7, 11) is 0. The van der Waals surface area contributed by atoms with Gasteiger partial charge in [0.1, 0.15) is 5.75 Å². The molecule has 0 aliphatic heterocycles. The first-order chi connectivity index (χ1) is 9.04. The lowest BCUT2D eigenvalue weighted by atomic mass is 10.1. The van der Waals surface area contributed by atoms with Crippen LogP contribution in [0.4, 0.5) is 0 Å². The highest BCUT2D eigenvalue weighted by molar-refractivity contribution is 5.89. The number of hydrogen-bond donors (Lipinski definition) is 0. The van der Waals surface area contributed by atoms with E-state index in [1.165, 1.54) is 0 Å². The van der Waals surface area contributed by atoms with Crippen LogP contribution in [-0.4, -0.2) is 18.2 Å². The van der Waals surface area contributed by atoms with E-state index in [0.717, 1.165) is 10.8 Å². The van der Waals surface area contributed by atoms with Crippen molar-refractivity contribution in [3.8, 4) is 5.75 Å². The number of benzene rings is 2. The maximum Gasteiger partial charge on any atom is 0.349 e. The van der Waals surface area contributed by atoms with E-state index in [4.69, 9.17) is 9.47 Å². The molecule has 0 bridgehead atoms. The molecule has 0 N–H and O–H groups in total. The normalized spacial score (nSPS) is 11.3. The molecule has 0 unspecified atom stereocenters. The minimum absolute atomic E-state index is 0.348. The Morgan fingerprint density at radius 1 is 1.11 bits per heavy atom. The second-order valence-electron chi connectivity index (χ2n) is 4.81.